The van der Waals surface area contributed by atoms with Crippen molar-refractivity contribution in [1.82, 2.24) is 4.98 Å². The van der Waals surface area contributed by atoms with Crippen LogP contribution in [0.2, 0.25) is 0 Å². The first-order valence-corrected chi connectivity index (χ1v) is 5.48. The van der Waals surface area contributed by atoms with Crippen LogP contribution in [0.4, 0.5) is 0 Å². The summed E-state index contributed by atoms with van der Waals surface area (Å²) in [5.41, 5.74) is 6.95. The molecule has 0 saturated carbocycles. The van der Waals surface area contributed by atoms with E-state index >= 15 is 0 Å². The lowest BCUT2D eigenvalue weighted by Gasteiger charge is -2.15. The third-order valence-electron chi connectivity index (χ3n) is 2.57. The molecule has 0 fully saturated rings. The second-order valence-electron chi connectivity index (χ2n) is 3.70. The van der Waals surface area contributed by atoms with Crippen LogP contribution >= 0.6 is 0 Å². The zero-order valence-corrected chi connectivity index (χ0v) is 8.95. The van der Waals surface area contributed by atoms with E-state index in [0.717, 1.165) is 13.0 Å². The molecule has 2 heteroatoms. The highest BCUT2D eigenvalue weighted by Gasteiger charge is 2.09. The molecule has 0 saturated heterocycles. The van der Waals surface area contributed by atoms with Crippen molar-refractivity contribution in [2.45, 2.75) is 38.5 Å². The number of nitrogens with zero attached hydrogens (tertiary/aromatic N) is 1. The predicted octanol–water partition coefficient (Wildman–Crippen LogP) is 2.70. The summed E-state index contributed by atoms with van der Waals surface area (Å²) in [5.74, 6) is 0.673. The van der Waals surface area contributed by atoms with E-state index in [0.29, 0.717) is 5.92 Å². The topological polar surface area (TPSA) is 38.9 Å². The third kappa shape index (κ3) is 3.46. The van der Waals surface area contributed by atoms with Gasteiger partial charge in [0.25, 0.3) is 0 Å². The highest BCUT2D eigenvalue weighted by molar-refractivity contribution is 5.15. The first kappa shape index (κ1) is 11.2. The molecule has 2 N–H and O–H groups in total. The van der Waals surface area contributed by atoms with Gasteiger partial charge in [-0.2, -0.15) is 0 Å². The van der Waals surface area contributed by atoms with Crippen LogP contribution in [0.15, 0.2) is 24.5 Å². The third-order valence-corrected chi connectivity index (χ3v) is 2.57. The highest BCUT2D eigenvalue weighted by atomic mass is 14.6. The second-order valence-corrected chi connectivity index (χ2v) is 3.70. The molecule has 1 atom stereocenters. The number of hydrogen-bond acceptors (Lipinski definition) is 2. The fourth-order valence-corrected chi connectivity index (χ4v) is 1.83. The standard InChI is InChI=1S/C12H20N2/c1-2-4-11(5-3-8-13)12-6-9-14-10-7-12/h6-7,9-11H,2-5,8,13H2,1H3. The Morgan fingerprint density at radius 3 is 2.57 bits per heavy atom. The minimum Gasteiger partial charge on any atom is -0.330 e. The molecule has 78 valence electrons. The van der Waals surface area contributed by atoms with Crippen molar-refractivity contribution in [1.29, 1.82) is 0 Å². The van der Waals surface area contributed by atoms with Crippen molar-refractivity contribution in [2.24, 2.45) is 5.73 Å². The average Bonchev–Trinajstić information content (AvgIpc) is 2.25. The van der Waals surface area contributed by atoms with Crippen molar-refractivity contribution in [3.63, 3.8) is 0 Å². The van der Waals surface area contributed by atoms with Gasteiger partial charge in [0.1, 0.15) is 0 Å². The summed E-state index contributed by atoms with van der Waals surface area (Å²) < 4.78 is 0. The summed E-state index contributed by atoms with van der Waals surface area (Å²) in [6, 6.07) is 4.24. The maximum absolute atomic E-state index is 5.54. The van der Waals surface area contributed by atoms with E-state index in [9.17, 15) is 0 Å². The lowest BCUT2D eigenvalue weighted by Crippen LogP contribution is -2.04. The SMILES string of the molecule is CCCC(CCCN)c1ccncc1. The summed E-state index contributed by atoms with van der Waals surface area (Å²) >= 11 is 0. The fourth-order valence-electron chi connectivity index (χ4n) is 1.83. The molecule has 0 aromatic carbocycles. The van der Waals surface area contributed by atoms with Gasteiger partial charge in [0, 0.05) is 12.4 Å². The van der Waals surface area contributed by atoms with Gasteiger partial charge in [0.15, 0.2) is 0 Å². The van der Waals surface area contributed by atoms with Crippen LogP contribution in [0.3, 0.4) is 0 Å². The first-order chi connectivity index (χ1) is 6.88. The van der Waals surface area contributed by atoms with Gasteiger partial charge >= 0.3 is 0 Å². The first-order valence-electron chi connectivity index (χ1n) is 5.48. The molecule has 1 aromatic heterocycles. The van der Waals surface area contributed by atoms with Crippen molar-refractivity contribution in [3.05, 3.63) is 30.1 Å². The average molecular weight is 192 g/mol. The van der Waals surface area contributed by atoms with E-state index in [-0.39, 0.29) is 0 Å². The molecular formula is C12H20N2. The number of nitrogens with two attached hydrogens (primary N) is 1. The van der Waals surface area contributed by atoms with Crippen molar-refractivity contribution >= 4 is 0 Å². The minimum atomic E-state index is 0.673. The summed E-state index contributed by atoms with van der Waals surface area (Å²) in [7, 11) is 0. The van der Waals surface area contributed by atoms with Crippen LogP contribution in [0.1, 0.15) is 44.1 Å². The van der Waals surface area contributed by atoms with E-state index in [2.05, 4.69) is 24.0 Å². The molecule has 0 bridgehead atoms. The quantitative estimate of drug-likeness (QED) is 0.752. The molecule has 0 radical (unpaired) electrons. The molecule has 1 heterocycles. The lowest BCUT2D eigenvalue weighted by molar-refractivity contribution is 0.549. The molecule has 0 amide bonds. The van der Waals surface area contributed by atoms with Gasteiger partial charge in [-0.25, -0.2) is 0 Å². The van der Waals surface area contributed by atoms with Crippen LogP contribution in [0, 0.1) is 0 Å². The maximum Gasteiger partial charge on any atom is 0.0270 e. The van der Waals surface area contributed by atoms with Crippen LogP contribution in [0.25, 0.3) is 0 Å². The Morgan fingerprint density at radius 1 is 1.29 bits per heavy atom. The molecule has 0 aliphatic heterocycles. The molecule has 0 spiro atoms. The Labute approximate surface area is 86.5 Å². The zero-order chi connectivity index (χ0) is 10.2. The molecule has 1 aromatic rings. The van der Waals surface area contributed by atoms with E-state index in [1.807, 2.05) is 12.4 Å². The Bertz CT molecular complexity index is 233. The molecule has 2 nitrogen and oxygen atoms in total. The van der Waals surface area contributed by atoms with Crippen LogP contribution in [-0.2, 0) is 0 Å². The minimum absolute atomic E-state index is 0.673. The van der Waals surface area contributed by atoms with Gasteiger partial charge in [-0.3, -0.25) is 4.98 Å². The van der Waals surface area contributed by atoms with E-state index in [1.54, 1.807) is 0 Å². The molecule has 0 aliphatic carbocycles. The summed E-state index contributed by atoms with van der Waals surface area (Å²) in [6.45, 7) is 3.03. The Hall–Kier alpha value is -0.890. The number of hydrogen-bond donors (Lipinski definition) is 1. The summed E-state index contributed by atoms with van der Waals surface area (Å²) in [6.07, 6.45) is 8.56. The van der Waals surface area contributed by atoms with E-state index < -0.39 is 0 Å². The molecular weight excluding hydrogens is 172 g/mol. The Kier molecular flexibility index (Phi) is 5.23. The summed E-state index contributed by atoms with van der Waals surface area (Å²) in [4.78, 5) is 4.04. The molecule has 0 aliphatic rings. The van der Waals surface area contributed by atoms with Gasteiger partial charge in [-0.1, -0.05) is 13.3 Å². The largest absolute Gasteiger partial charge is 0.330 e. The van der Waals surface area contributed by atoms with Gasteiger partial charge in [-0.05, 0) is 49.4 Å². The monoisotopic (exact) mass is 192 g/mol. The van der Waals surface area contributed by atoms with Crippen molar-refractivity contribution in [2.75, 3.05) is 6.54 Å². The normalized spacial score (nSPS) is 12.7. The van der Waals surface area contributed by atoms with Crippen LogP contribution < -0.4 is 5.73 Å². The van der Waals surface area contributed by atoms with Crippen LogP contribution in [-0.4, -0.2) is 11.5 Å². The van der Waals surface area contributed by atoms with E-state index in [1.165, 1.54) is 24.8 Å². The van der Waals surface area contributed by atoms with Crippen molar-refractivity contribution < 1.29 is 0 Å². The highest BCUT2D eigenvalue weighted by Crippen LogP contribution is 2.25. The molecule has 1 rings (SSSR count). The maximum atomic E-state index is 5.54. The number of aromatic nitrogens is 1. The molecule has 1 unspecified atom stereocenters. The number of rotatable bonds is 6. The van der Waals surface area contributed by atoms with Gasteiger partial charge < -0.3 is 5.73 Å². The second kappa shape index (κ2) is 6.55. The Morgan fingerprint density at radius 2 is 2.00 bits per heavy atom. The van der Waals surface area contributed by atoms with Gasteiger partial charge in [0.05, 0.1) is 0 Å². The number of pyridine rings is 1. The van der Waals surface area contributed by atoms with E-state index in [4.69, 9.17) is 5.73 Å². The predicted molar refractivity (Wildman–Crippen MR) is 60.2 cm³/mol. The van der Waals surface area contributed by atoms with Gasteiger partial charge in [-0.15, -0.1) is 0 Å². The zero-order valence-electron chi connectivity index (χ0n) is 8.95. The fraction of sp³-hybridized carbons (Fsp3) is 0.583. The van der Waals surface area contributed by atoms with Crippen LogP contribution in [0.5, 0.6) is 0 Å². The lowest BCUT2D eigenvalue weighted by atomic mass is 9.91. The van der Waals surface area contributed by atoms with Gasteiger partial charge in [0.2, 0.25) is 0 Å². The molecule has 14 heavy (non-hydrogen) atoms. The van der Waals surface area contributed by atoms with Crippen molar-refractivity contribution in [3.8, 4) is 0 Å². The Balaban J connectivity index is 2.58. The summed E-state index contributed by atoms with van der Waals surface area (Å²) in [5, 5.41) is 0. The smallest absolute Gasteiger partial charge is 0.0270 e.